The molecule has 0 saturated heterocycles. The minimum atomic E-state index is -0.411. The molecule has 1 amide bonds. The summed E-state index contributed by atoms with van der Waals surface area (Å²) >= 11 is 6.11. The maximum Gasteiger partial charge on any atom is 0.240 e. The minimum Gasteiger partial charge on any atom is -0.352 e. The largest absolute Gasteiger partial charge is 0.352 e. The quantitative estimate of drug-likeness (QED) is 0.634. The number of nitrogens with zero attached hydrogens (tertiary/aromatic N) is 2. The SMILES string of the molecule is O=C(Cn1cc(C(=O)c2ccncc2)c(=O)c2cc(Cl)ccc21)NC1CCCCC1. The van der Waals surface area contributed by atoms with Gasteiger partial charge in [-0.25, -0.2) is 0 Å². The molecule has 0 atom stereocenters. The highest BCUT2D eigenvalue weighted by Crippen LogP contribution is 2.20. The normalized spacial score (nSPS) is 14.6. The molecular formula is C23H22ClN3O3. The predicted molar refractivity (Wildman–Crippen MR) is 116 cm³/mol. The van der Waals surface area contributed by atoms with Gasteiger partial charge in [-0.15, -0.1) is 0 Å². The highest BCUT2D eigenvalue weighted by molar-refractivity contribution is 6.31. The first-order valence-corrected chi connectivity index (χ1v) is 10.5. The van der Waals surface area contributed by atoms with Crippen molar-refractivity contribution in [3.8, 4) is 0 Å². The molecule has 4 rings (SSSR count). The van der Waals surface area contributed by atoms with Crippen molar-refractivity contribution in [1.82, 2.24) is 14.9 Å². The molecule has 0 spiro atoms. The molecule has 1 saturated carbocycles. The third-order valence-electron chi connectivity index (χ3n) is 5.51. The van der Waals surface area contributed by atoms with Crippen molar-refractivity contribution in [3.05, 3.63) is 75.3 Å². The van der Waals surface area contributed by atoms with Crippen LogP contribution in [0.1, 0.15) is 48.0 Å². The Kier molecular flexibility index (Phi) is 5.95. The first-order valence-electron chi connectivity index (χ1n) is 10.1. The Morgan fingerprint density at radius 2 is 1.83 bits per heavy atom. The van der Waals surface area contributed by atoms with Crippen LogP contribution in [0.3, 0.4) is 0 Å². The topological polar surface area (TPSA) is 81.1 Å². The Bertz CT molecular complexity index is 1150. The number of hydrogen-bond donors (Lipinski definition) is 1. The monoisotopic (exact) mass is 423 g/mol. The maximum absolute atomic E-state index is 13.0. The maximum atomic E-state index is 13.0. The molecule has 7 heteroatoms. The molecule has 6 nitrogen and oxygen atoms in total. The van der Waals surface area contributed by atoms with E-state index in [0.29, 0.717) is 21.5 Å². The fraction of sp³-hybridized carbons (Fsp3) is 0.304. The lowest BCUT2D eigenvalue weighted by molar-refractivity contribution is -0.122. The molecular weight excluding hydrogens is 402 g/mol. The van der Waals surface area contributed by atoms with Crippen LogP contribution in [0.4, 0.5) is 0 Å². The highest BCUT2D eigenvalue weighted by atomic mass is 35.5. The fourth-order valence-corrected chi connectivity index (χ4v) is 4.17. The van der Waals surface area contributed by atoms with Crippen molar-refractivity contribution in [2.45, 2.75) is 44.7 Å². The van der Waals surface area contributed by atoms with E-state index in [9.17, 15) is 14.4 Å². The molecule has 1 aromatic carbocycles. The second-order valence-electron chi connectivity index (χ2n) is 7.63. The smallest absolute Gasteiger partial charge is 0.240 e. The van der Waals surface area contributed by atoms with E-state index in [2.05, 4.69) is 10.3 Å². The van der Waals surface area contributed by atoms with Crippen LogP contribution in [0.25, 0.3) is 10.9 Å². The van der Waals surface area contributed by atoms with Gasteiger partial charge in [-0.2, -0.15) is 0 Å². The molecule has 1 aliphatic rings. The van der Waals surface area contributed by atoms with Crippen LogP contribution in [-0.2, 0) is 11.3 Å². The number of rotatable bonds is 5. The lowest BCUT2D eigenvalue weighted by atomic mass is 9.95. The van der Waals surface area contributed by atoms with Crippen LogP contribution in [0.5, 0.6) is 0 Å². The van der Waals surface area contributed by atoms with E-state index in [1.807, 2.05) is 0 Å². The van der Waals surface area contributed by atoms with Crippen molar-refractivity contribution in [2.24, 2.45) is 0 Å². The van der Waals surface area contributed by atoms with Gasteiger partial charge in [-0.1, -0.05) is 30.9 Å². The summed E-state index contributed by atoms with van der Waals surface area (Å²) < 4.78 is 1.65. The van der Waals surface area contributed by atoms with Crippen LogP contribution >= 0.6 is 11.6 Å². The molecule has 2 aromatic heterocycles. The van der Waals surface area contributed by atoms with Gasteiger partial charge in [-0.05, 0) is 43.2 Å². The third-order valence-corrected chi connectivity index (χ3v) is 5.75. The van der Waals surface area contributed by atoms with E-state index < -0.39 is 11.2 Å². The Balaban J connectivity index is 1.72. The zero-order valence-corrected chi connectivity index (χ0v) is 17.2. The number of nitrogens with one attached hydrogen (secondary N) is 1. The Labute approximate surface area is 178 Å². The van der Waals surface area contributed by atoms with Crippen LogP contribution in [0, 0.1) is 0 Å². The van der Waals surface area contributed by atoms with Crippen molar-refractivity contribution in [3.63, 3.8) is 0 Å². The van der Waals surface area contributed by atoms with Gasteiger partial charge in [0.2, 0.25) is 11.3 Å². The molecule has 0 radical (unpaired) electrons. The van der Waals surface area contributed by atoms with Gasteiger partial charge >= 0.3 is 0 Å². The second kappa shape index (κ2) is 8.79. The predicted octanol–water partition coefficient (Wildman–Crippen LogP) is 3.73. The van der Waals surface area contributed by atoms with Gasteiger partial charge in [-0.3, -0.25) is 19.4 Å². The molecule has 1 fully saturated rings. The molecule has 2 heterocycles. The Morgan fingerprint density at radius 3 is 2.57 bits per heavy atom. The number of fused-ring (bicyclic) bond motifs is 1. The number of ketones is 1. The van der Waals surface area contributed by atoms with Crippen LogP contribution in [0.15, 0.2) is 53.7 Å². The molecule has 154 valence electrons. The summed E-state index contributed by atoms with van der Waals surface area (Å²) in [7, 11) is 0. The number of hydrogen-bond acceptors (Lipinski definition) is 4. The molecule has 0 aliphatic heterocycles. The van der Waals surface area contributed by atoms with Crippen molar-refractivity contribution < 1.29 is 9.59 Å². The lowest BCUT2D eigenvalue weighted by Crippen LogP contribution is -2.38. The Hall–Kier alpha value is -2.99. The number of carbonyl (C=O) groups is 2. The van der Waals surface area contributed by atoms with Gasteiger partial charge in [0.25, 0.3) is 0 Å². The van der Waals surface area contributed by atoms with E-state index in [-0.39, 0.29) is 24.1 Å². The average Bonchev–Trinajstić information content (AvgIpc) is 2.76. The summed E-state index contributed by atoms with van der Waals surface area (Å²) in [6, 6.07) is 8.22. The van der Waals surface area contributed by atoms with E-state index in [0.717, 1.165) is 25.7 Å². The summed E-state index contributed by atoms with van der Waals surface area (Å²) in [5.41, 5.74) is 0.524. The van der Waals surface area contributed by atoms with Gasteiger partial charge in [0.15, 0.2) is 5.78 Å². The van der Waals surface area contributed by atoms with Crippen molar-refractivity contribution >= 4 is 34.2 Å². The van der Waals surface area contributed by atoms with Gasteiger partial charge < -0.3 is 9.88 Å². The zero-order chi connectivity index (χ0) is 21.1. The summed E-state index contributed by atoms with van der Waals surface area (Å²) in [5, 5.41) is 3.79. The standard InChI is InChI=1S/C23H22ClN3O3/c24-16-6-7-20-18(12-16)23(30)19(22(29)15-8-10-25-11-9-15)13-27(20)14-21(28)26-17-4-2-1-3-5-17/h6-13,17H,1-5,14H2,(H,26,28). The Morgan fingerprint density at radius 1 is 1.10 bits per heavy atom. The first kappa shape index (κ1) is 20.3. The highest BCUT2D eigenvalue weighted by Gasteiger charge is 2.20. The molecule has 3 aromatic rings. The number of pyridine rings is 2. The molecule has 0 bridgehead atoms. The number of amides is 1. The average molecular weight is 424 g/mol. The molecule has 1 aliphatic carbocycles. The first-order chi connectivity index (χ1) is 14.5. The van der Waals surface area contributed by atoms with E-state index in [4.69, 9.17) is 11.6 Å². The van der Waals surface area contributed by atoms with Crippen molar-refractivity contribution in [1.29, 1.82) is 0 Å². The van der Waals surface area contributed by atoms with E-state index in [1.165, 1.54) is 31.1 Å². The van der Waals surface area contributed by atoms with E-state index >= 15 is 0 Å². The van der Waals surface area contributed by atoms with Gasteiger partial charge in [0.1, 0.15) is 6.54 Å². The number of carbonyl (C=O) groups excluding carboxylic acids is 2. The zero-order valence-electron chi connectivity index (χ0n) is 16.4. The van der Waals surface area contributed by atoms with Crippen molar-refractivity contribution in [2.75, 3.05) is 0 Å². The fourth-order valence-electron chi connectivity index (χ4n) is 4.00. The summed E-state index contributed by atoms with van der Waals surface area (Å²) in [6.07, 6.45) is 9.89. The number of benzene rings is 1. The van der Waals surface area contributed by atoms with Crippen LogP contribution in [-0.4, -0.2) is 27.3 Å². The van der Waals surface area contributed by atoms with Crippen LogP contribution < -0.4 is 10.7 Å². The minimum absolute atomic E-state index is 0.00133. The summed E-state index contributed by atoms with van der Waals surface area (Å²) in [6.45, 7) is 0.0194. The van der Waals surface area contributed by atoms with Gasteiger partial charge in [0, 0.05) is 40.6 Å². The number of halogens is 1. The molecule has 1 N–H and O–H groups in total. The second-order valence-corrected chi connectivity index (χ2v) is 8.07. The summed E-state index contributed by atoms with van der Waals surface area (Å²) in [5.74, 6) is -0.546. The summed E-state index contributed by atoms with van der Waals surface area (Å²) in [4.78, 5) is 42.6. The third kappa shape index (κ3) is 4.28. The van der Waals surface area contributed by atoms with Crippen LogP contribution in [0.2, 0.25) is 5.02 Å². The molecule has 30 heavy (non-hydrogen) atoms. The lowest BCUT2D eigenvalue weighted by Gasteiger charge is -2.23. The van der Waals surface area contributed by atoms with E-state index in [1.54, 1.807) is 28.8 Å². The van der Waals surface area contributed by atoms with Gasteiger partial charge in [0.05, 0.1) is 11.1 Å². The number of aromatic nitrogens is 2. The molecule has 0 unspecified atom stereocenters.